The topological polar surface area (TPSA) is 29.5 Å². The van der Waals surface area contributed by atoms with E-state index in [1.807, 2.05) is 11.8 Å². The molecule has 0 radical (unpaired) electrons. The summed E-state index contributed by atoms with van der Waals surface area (Å²) in [7, 11) is 0. The Kier molecular flexibility index (Phi) is 4.15. The van der Waals surface area contributed by atoms with Gasteiger partial charge in [0.25, 0.3) is 0 Å². The number of nitrogens with zero attached hydrogens (tertiary/aromatic N) is 1. The van der Waals surface area contributed by atoms with Crippen LogP contribution in [-0.4, -0.2) is 42.7 Å². The van der Waals surface area contributed by atoms with Crippen LogP contribution in [0, 0.1) is 5.92 Å². The lowest BCUT2D eigenvalue weighted by Gasteiger charge is -2.37. The van der Waals surface area contributed by atoms with E-state index >= 15 is 0 Å². The van der Waals surface area contributed by atoms with E-state index in [0.717, 1.165) is 18.8 Å². The second-order valence-corrected chi connectivity index (χ2v) is 4.00. The van der Waals surface area contributed by atoms with Gasteiger partial charge in [-0.1, -0.05) is 12.7 Å². The Morgan fingerprint density at radius 1 is 1.77 bits per heavy atom. The molecule has 1 amide bonds. The summed E-state index contributed by atoms with van der Waals surface area (Å²) in [5.74, 6) is 1.79. The fraction of sp³-hybridized carbons (Fsp3) is 0.667. The second-order valence-electron chi connectivity index (χ2n) is 3.09. The lowest BCUT2D eigenvalue weighted by molar-refractivity contribution is 0.0669. The Labute approximate surface area is 83.1 Å². The first kappa shape index (κ1) is 10.4. The molecule has 0 aromatic rings. The summed E-state index contributed by atoms with van der Waals surface area (Å²) in [5.41, 5.74) is 0. The van der Waals surface area contributed by atoms with Gasteiger partial charge in [0.15, 0.2) is 0 Å². The molecule has 0 atom stereocenters. The lowest BCUT2D eigenvalue weighted by atomic mass is 10.0. The molecule has 0 aliphatic carbocycles. The van der Waals surface area contributed by atoms with E-state index < -0.39 is 0 Å². The van der Waals surface area contributed by atoms with Crippen LogP contribution in [0.5, 0.6) is 0 Å². The highest BCUT2D eigenvalue weighted by molar-refractivity contribution is 7.98. The summed E-state index contributed by atoms with van der Waals surface area (Å²) < 4.78 is 4.88. The fourth-order valence-electron chi connectivity index (χ4n) is 1.28. The molecule has 13 heavy (non-hydrogen) atoms. The van der Waals surface area contributed by atoms with E-state index in [2.05, 4.69) is 12.8 Å². The molecule has 0 spiro atoms. The minimum Gasteiger partial charge on any atom is -0.445 e. The SMILES string of the molecule is C=CCOC(=O)N1CC(CSC)C1. The van der Waals surface area contributed by atoms with E-state index in [9.17, 15) is 4.79 Å². The molecule has 1 rings (SSSR count). The van der Waals surface area contributed by atoms with Gasteiger partial charge in [0.05, 0.1) is 0 Å². The molecule has 4 heteroatoms. The number of likely N-dealkylation sites (tertiary alicyclic amines) is 1. The van der Waals surface area contributed by atoms with Crippen molar-refractivity contribution in [3.05, 3.63) is 12.7 Å². The van der Waals surface area contributed by atoms with Crippen LogP contribution in [0.3, 0.4) is 0 Å². The van der Waals surface area contributed by atoms with E-state index in [0.29, 0.717) is 12.5 Å². The van der Waals surface area contributed by atoms with Crippen LogP contribution in [-0.2, 0) is 4.74 Å². The van der Waals surface area contributed by atoms with Crippen LogP contribution in [0.4, 0.5) is 4.79 Å². The van der Waals surface area contributed by atoms with E-state index in [1.165, 1.54) is 0 Å². The van der Waals surface area contributed by atoms with E-state index in [4.69, 9.17) is 4.74 Å². The van der Waals surface area contributed by atoms with Crippen LogP contribution in [0.2, 0.25) is 0 Å². The van der Waals surface area contributed by atoms with Gasteiger partial charge in [-0.25, -0.2) is 4.79 Å². The van der Waals surface area contributed by atoms with Crippen molar-refractivity contribution in [2.75, 3.05) is 31.7 Å². The van der Waals surface area contributed by atoms with Gasteiger partial charge < -0.3 is 9.64 Å². The molecule has 0 bridgehead atoms. The monoisotopic (exact) mass is 201 g/mol. The third kappa shape index (κ3) is 2.95. The molecule has 74 valence electrons. The van der Waals surface area contributed by atoms with Crippen molar-refractivity contribution in [3.63, 3.8) is 0 Å². The highest BCUT2D eigenvalue weighted by atomic mass is 32.2. The van der Waals surface area contributed by atoms with Crippen molar-refractivity contribution in [1.82, 2.24) is 4.90 Å². The average molecular weight is 201 g/mol. The molecule has 1 fully saturated rings. The van der Waals surface area contributed by atoms with Crippen molar-refractivity contribution >= 4 is 17.9 Å². The predicted octanol–water partition coefficient (Wildman–Crippen LogP) is 1.60. The van der Waals surface area contributed by atoms with Crippen molar-refractivity contribution < 1.29 is 9.53 Å². The smallest absolute Gasteiger partial charge is 0.410 e. The first-order valence-corrected chi connectivity index (χ1v) is 5.68. The maximum Gasteiger partial charge on any atom is 0.410 e. The summed E-state index contributed by atoms with van der Waals surface area (Å²) >= 11 is 1.82. The Bertz CT molecular complexity index is 190. The molecule has 0 saturated carbocycles. The van der Waals surface area contributed by atoms with Gasteiger partial charge in [-0.15, -0.1) is 0 Å². The van der Waals surface area contributed by atoms with Crippen LogP contribution in [0.1, 0.15) is 0 Å². The highest BCUT2D eigenvalue weighted by Gasteiger charge is 2.30. The van der Waals surface area contributed by atoms with Gasteiger partial charge in [-0.05, 0) is 12.0 Å². The quantitative estimate of drug-likeness (QED) is 0.647. The average Bonchev–Trinajstić information content (AvgIpc) is 2.06. The molecule has 0 N–H and O–H groups in total. The number of hydrogen-bond donors (Lipinski definition) is 0. The largest absolute Gasteiger partial charge is 0.445 e. The highest BCUT2D eigenvalue weighted by Crippen LogP contribution is 2.19. The number of amides is 1. The van der Waals surface area contributed by atoms with E-state index in [1.54, 1.807) is 11.0 Å². The Morgan fingerprint density at radius 2 is 2.46 bits per heavy atom. The van der Waals surface area contributed by atoms with Gasteiger partial charge >= 0.3 is 6.09 Å². The maximum absolute atomic E-state index is 11.2. The van der Waals surface area contributed by atoms with Crippen LogP contribution in [0.25, 0.3) is 0 Å². The number of rotatable bonds is 4. The zero-order valence-corrected chi connectivity index (χ0v) is 8.68. The Hall–Kier alpha value is -0.640. The zero-order chi connectivity index (χ0) is 9.68. The van der Waals surface area contributed by atoms with Crippen molar-refractivity contribution in [2.24, 2.45) is 5.92 Å². The molecule has 1 heterocycles. The van der Waals surface area contributed by atoms with Crippen molar-refractivity contribution in [3.8, 4) is 0 Å². The Morgan fingerprint density at radius 3 is 3.00 bits per heavy atom. The molecular weight excluding hydrogens is 186 g/mol. The summed E-state index contributed by atoms with van der Waals surface area (Å²) in [6, 6.07) is 0. The van der Waals surface area contributed by atoms with Crippen LogP contribution < -0.4 is 0 Å². The molecule has 0 unspecified atom stereocenters. The Balaban J connectivity index is 2.11. The zero-order valence-electron chi connectivity index (χ0n) is 7.86. The second kappa shape index (κ2) is 5.17. The maximum atomic E-state index is 11.2. The summed E-state index contributed by atoms with van der Waals surface area (Å²) in [5, 5.41) is 0. The molecule has 1 saturated heterocycles. The van der Waals surface area contributed by atoms with Gasteiger partial charge in [0.1, 0.15) is 6.61 Å². The number of carbonyl (C=O) groups is 1. The van der Waals surface area contributed by atoms with Gasteiger partial charge in [-0.2, -0.15) is 11.8 Å². The van der Waals surface area contributed by atoms with Gasteiger partial charge in [0.2, 0.25) is 0 Å². The summed E-state index contributed by atoms with van der Waals surface area (Å²) in [4.78, 5) is 12.9. The fourth-order valence-corrected chi connectivity index (χ4v) is 1.96. The molecular formula is C9H15NO2S. The predicted molar refractivity (Wildman–Crippen MR) is 55.0 cm³/mol. The molecule has 1 aliphatic rings. The third-order valence-electron chi connectivity index (χ3n) is 1.94. The van der Waals surface area contributed by atoms with Crippen LogP contribution in [0.15, 0.2) is 12.7 Å². The van der Waals surface area contributed by atoms with Crippen LogP contribution >= 0.6 is 11.8 Å². The van der Waals surface area contributed by atoms with Gasteiger partial charge in [0, 0.05) is 19.0 Å². The van der Waals surface area contributed by atoms with Gasteiger partial charge in [-0.3, -0.25) is 0 Å². The minimum atomic E-state index is -0.211. The number of hydrogen-bond acceptors (Lipinski definition) is 3. The minimum absolute atomic E-state index is 0.211. The number of ether oxygens (including phenoxy) is 1. The first-order chi connectivity index (χ1) is 6.27. The number of carbonyl (C=O) groups excluding carboxylic acids is 1. The molecule has 0 aromatic carbocycles. The first-order valence-electron chi connectivity index (χ1n) is 4.29. The molecule has 1 aliphatic heterocycles. The van der Waals surface area contributed by atoms with Crippen molar-refractivity contribution in [2.45, 2.75) is 0 Å². The number of thioether (sulfide) groups is 1. The lowest BCUT2D eigenvalue weighted by Crippen LogP contribution is -2.51. The van der Waals surface area contributed by atoms with E-state index in [-0.39, 0.29) is 6.09 Å². The summed E-state index contributed by atoms with van der Waals surface area (Å²) in [6.07, 6.45) is 3.45. The molecule has 3 nitrogen and oxygen atoms in total. The third-order valence-corrected chi connectivity index (χ3v) is 2.75. The standard InChI is InChI=1S/C9H15NO2S/c1-3-4-12-9(11)10-5-8(6-10)7-13-2/h3,8H,1,4-7H2,2H3. The summed E-state index contributed by atoms with van der Waals surface area (Å²) in [6.45, 7) is 5.48. The molecule has 0 aromatic heterocycles. The normalized spacial score (nSPS) is 16.5. The van der Waals surface area contributed by atoms with Crippen molar-refractivity contribution in [1.29, 1.82) is 0 Å².